The summed E-state index contributed by atoms with van der Waals surface area (Å²) in [4.78, 5) is 11.1. The molecule has 6 heteroatoms. The van der Waals surface area contributed by atoms with Crippen molar-refractivity contribution in [3.63, 3.8) is 0 Å². The number of alkyl halides is 2. The maximum atomic E-state index is 11.7. The number of amides is 1. The predicted octanol–water partition coefficient (Wildman–Crippen LogP) is 0.902. The molecule has 1 amide bonds. The summed E-state index contributed by atoms with van der Waals surface area (Å²) in [5.74, 6) is -0.197. The van der Waals surface area contributed by atoms with Gasteiger partial charge in [-0.15, -0.1) is 0 Å². The number of ether oxygens (including phenoxy) is 1. The van der Waals surface area contributed by atoms with E-state index in [1.54, 1.807) is 0 Å². The molecule has 0 radical (unpaired) electrons. The number of nitrogens with two attached hydrogens (primary N) is 1. The maximum absolute atomic E-state index is 11.7. The van der Waals surface area contributed by atoms with Crippen molar-refractivity contribution in [2.24, 2.45) is 5.73 Å². The van der Waals surface area contributed by atoms with Gasteiger partial charge in [-0.1, -0.05) is 6.92 Å². The smallest absolute Gasteiger partial charge is 0.261 e. The minimum absolute atomic E-state index is 0.0238. The first kappa shape index (κ1) is 15.2. The Labute approximate surface area is 94.5 Å². The molecule has 0 aromatic rings. The van der Waals surface area contributed by atoms with Crippen LogP contribution in [0.5, 0.6) is 0 Å². The molecule has 0 aromatic heterocycles. The van der Waals surface area contributed by atoms with Crippen LogP contribution in [0.4, 0.5) is 8.78 Å². The highest BCUT2D eigenvalue weighted by Gasteiger charge is 2.05. The van der Waals surface area contributed by atoms with Crippen LogP contribution in [0.15, 0.2) is 0 Å². The molecule has 0 aliphatic rings. The topological polar surface area (TPSA) is 64.3 Å². The molecule has 0 aliphatic carbocycles. The van der Waals surface area contributed by atoms with Gasteiger partial charge in [-0.2, -0.15) is 0 Å². The Hall–Kier alpha value is -0.750. The summed E-state index contributed by atoms with van der Waals surface area (Å²) in [6.07, 6.45) is -0.785. The molecule has 0 bridgehead atoms. The van der Waals surface area contributed by atoms with Crippen LogP contribution in [0.25, 0.3) is 0 Å². The summed E-state index contributed by atoms with van der Waals surface area (Å²) in [7, 11) is 0. The summed E-state index contributed by atoms with van der Waals surface area (Å²) in [5.41, 5.74) is 5.65. The van der Waals surface area contributed by atoms with Crippen LogP contribution in [0.2, 0.25) is 0 Å². The van der Waals surface area contributed by atoms with Gasteiger partial charge in [0.05, 0.1) is 6.61 Å². The molecule has 0 rings (SSSR count). The van der Waals surface area contributed by atoms with Crippen molar-refractivity contribution in [3.8, 4) is 0 Å². The third kappa shape index (κ3) is 9.79. The normalized spacial score (nSPS) is 12.8. The molecular formula is C10H20F2N2O2. The Bertz CT molecular complexity index is 192. The first-order valence-electron chi connectivity index (χ1n) is 5.44. The molecule has 0 fully saturated rings. The van der Waals surface area contributed by atoms with Gasteiger partial charge in [-0.05, 0) is 12.8 Å². The largest absolute Gasteiger partial charge is 0.375 e. The van der Waals surface area contributed by atoms with Gasteiger partial charge in [0.15, 0.2) is 0 Å². The number of hydrogen-bond donors (Lipinski definition) is 2. The zero-order chi connectivity index (χ0) is 12.4. The van der Waals surface area contributed by atoms with E-state index >= 15 is 0 Å². The van der Waals surface area contributed by atoms with Crippen molar-refractivity contribution in [1.29, 1.82) is 0 Å². The summed E-state index contributed by atoms with van der Waals surface area (Å²) >= 11 is 0. The highest BCUT2D eigenvalue weighted by Crippen LogP contribution is 1.94. The molecule has 0 aliphatic heterocycles. The van der Waals surface area contributed by atoms with Crippen LogP contribution >= 0.6 is 0 Å². The lowest BCUT2D eigenvalue weighted by Gasteiger charge is -2.09. The quantitative estimate of drug-likeness (QED) is 0.587. The van der Waals surface area contributed by atoms with Crippen molar-refractivity contribution in [1.82, 2.24) is 5.32 Å². The number of halogens is 2. The monoisotopic (exact) mass is 238 g/mol. The fourth-order valence-corrected chi connectivity index (χ4v) is 1.03. The lowest BCUT2D eigenvalue weighted by Crippen LogP contribution is -2.30. The Kier molecular flexibility index (Phi) is 9.03. The van der Waals surface area contributed by atoms with Gasteiger partial charge in [0.1, 0.15) is 6.61 Å². The number of hydrogen-bond acceptors (Lipinski definition) is 3. The van der Waals surface area contributed by atoms with E-state index in [1.165, 1.54) is 0 Å². The average Bonchev–Trinajstić information content (AvgIpc) is 2.24. The zero-order valence-corrected chi connectivity index (χ0v) is 9.55. The SMILES string of the molecule is CCC(N)CCNC(=O)CCOCC(F)F. The van der Waals surface area contributed by atoms with E-state index < -0.39 is 13.0 Å². The number of rotatable bonds is 9. The minimum Gasteiger partial charge on any atom is -0.375 e. The van der Waals surface area contributed by atoms with Gasteiger partial charge < -0.3 is 15.8 Å². The second-order valence-corrected chi connectivity index (χ2v) is 3.52. The maximum Gasteiger partial charge on any atom is 0.261 e. The molecule has 96 valence electrons. The van der Waals surface area contributed by atoms with Crippen molar-refractivity contribution in [2.45, 2.75) is 38.7 Å². The van der Waals surface area contributed by atoms with Crippen molar-refractivity contribution in [3.05, 3.63) is 0 Å². The molecule has 16 heavy (non-hydrogen) atoms. The van der Waals surface area contributed by atoms with E-state index in [0.717, 1.165) is 12.8 Å². The fourth-order valence-electron chi connectivity index (χ4n) is 1.03. The van der Waals surface area contributed by atoms with Crippen LogP contribution in [0.1, 0.15) is 26.2 Å². The number of carbonyl (C=O) groups is 1. The Balaban J connectivity index is 3.31. The van der Waals surface area contributed by atoms with Crippen molar-refractivity contribution < 1.29 is 18.3 Å². The molecule has 1 atom stereocenters. The predicted molar refractivity (Wildman–Crippen MR) is 57.3 cm³/mol. The number of nitrogens with one attached hydrogen (secondary N) is 1. The summed E-state index contributed by atoms with van der Waals surface area (Å²) in [6, 6.07) is 0.0929. The van der Waals surface area contributed by atoms with Crippen LogP contribution in [0.3, 0.4) is 0 Å². The highest BCUT2D eigenvalue weighted by atomic mass is 19.3. The molecule has 3 N–H and O–H groups in total. The first-order valence-corrected chi connectivity index (χ1v) is 5.44. The van der Waals surface area contributed by atoms with Crippen molar-refractivity contribution >= 4 is 5.91 Å². The molecule has 0 saturated carbocycles. The molecule has 4 nitrogen and oxygen atoms in total. The molecule has 0 spiro atoms. The van der Waals surface area contributed by atoms with Gasteiger partial charge in [-0.25, -0.2) is 8.78 Å². The summed E-state index contributed by atoms with van der Waals surface area (Å²) in [5, 5.41) is 2.65. The molecule has 0 heterocycles. The molecule has 1 unspecified atom stereocenters. The van der Waals surface area contributed by atoms with Gasteiger partial charge >= 0.3 is 0 Å². The standard InChI is InChI=1S/C10H20F2N2O2/c1-2-8(13)3-5-14-10(15)4-6-16-7-9(11)12/h8-9H,2-7,13H2,1H3,(H,14,15). The molecule has 0 saturated heterocycles. The van der Waals surface area contributed by atoms with Gasteiger partial charge in [0.2, 0.25) is 5.91 Å². The van der Waals surface area contributed by atoms with E-state index in [-0.39, 0.29) is 25.0 Å². The van der Waals surface area contributed by atoms with Gasteiger partial charge in [0, 0.05) is 19.0 Å². The van der Waals surface area contributed by atoms with Crippen LogP contribution in [-0.2, 0) is 9.53 Å². The Morgan fingerprint density at radius 2 is 2.19 bits per heavy atom. The van der Waals surface area contributed by atoms with E-state index in [2.05, 4.69) is 10.1 Å². The van der Waals surface area contributed by atoms with Gasteiger partial charge in [-0.3, -0.25) is 4.79 Å². The van der Waals surface area contributed by atoms with Crippen LogP contribution in [0, 0.1) is 0 Å². The summed E-state index contributed by atoms with van der Waals surface area (Å²) in [6.45, 7) is 1.90. The first-order chi connectivity index (χ1) is 7.56. The lowest BCUT2D eigenvalue weighted by molar-refractivity contribution is -0.122. The van der Waals surface area contributed by atoms with Crippen LogP contribution in [-0.4, -0.2) is 38.1 Å². The van der Waals surface area contributed by atoms with Crippen LogP contribution < -0.4 is 11.1 Å². The lowest BCUT2D eigenvalue weighted by atomic mass is 10.2. The molecular weight excluding hydrogens is 218 g/mol. The number of carbonyl (C=O) groups excluding carboxylic acids is 1. The van der Waals surface area contributed by atoms with E-state index in [9.17, 15) is 13.6 Å². The fraction of sp³-hybridized carbons (Fsp3) is 0.900. The van der Waals surface area contributed by atoms with Crippen molar-refractivity contribution in [2.75, 3.05) is 19.8 Å². The third-order valence-electron chi connectivity index (χ3n) is 2.08. The van der Waals surface area contributed by atoms with Gasteiger partial charge in [0.25, 0.3) is 6.43 Å². The minimum atomic E-state index is -2.48. The zero-order valence-electron chi connectivity index (χ0n) is 9.55. The Morgan fingerprint density at radius 1 is 1.50 bits per heavy atom. The third-order valence-corrected chi connectivity index (χ3v) is 2.08. The van der Waals surface area contributed by atoms with E-state index in [4.69, 9.17) is 5.73 Å². The Morgan fingerprint density at radius 3 is 2.75 bits per heavy atom. The second kappa shape index (κ2) is 9.47. The van der Waals surface area contributed by atoms with E-state index in [0.29, 0.717) is 6.54 Å². The van der Waals surface area contributed by atoms with E-state index in [1.807, 2.05) is 6.92 Å². The highest BCUT2D eigenvalue weighted by molar-refractivity contribution is 5.75. The summed E-state index contributed by atoms with van der Waals surface area (Å²) < 4.78 is 27.9. The average molecular weight is 238 g/mol. The second-order valence-electron chi connectivity index (χ2n) is 3.52. The molecule has 0 aromatic carbocycles.